The summed E-state index contributed by atoms with van der Waals surface area (Å²) in [6.07, 6.45) is 0.878. The Hall–Kier alpha value is -1.66. The number of nitrogens with two attached hydrogens (primary N) is 1. The quantitative estimate of drug-likeness (QED) is 0.819. The van der Waals surface area contributed by atoms with Crippen molar-refractivity contribution in [2.24, 2.45) is 5.73 Å². The van der Waals surface area contributed by atoms with Crippen molar-refractivity contribution in [1.82, 2.24) is 9.80 Å². The average molecular weight is 307 g/mol. The molecule has 0 aromatic heterocycles. The van der Waals surface area contributed by atoms with Crippen LogP contribution in [0.4, 0.5) is 0 Å². The van der Waals surface area contributed by atoms with Crippen LogP contribution in [0.3, 0.4) is 0 Å². The van der Waals surface area contributed by atoms with Crippen molar-refractivity contribution >= 4 is 23.1 Å². The zero-order valence-corrected chi connectivity index (χ0v) is 13.0. The maximum Gasteiger partial charge on any atom is 0.257 e. The highest BCUT2D eigenvalue weighted by Crippen LogP contribution is 2.19. The van der Waals surface area contributed by atoms with Crippen molar-refractivity contribution in [3.63, 3.8) is 0 Å². The van der Waals surface area contributed by atoms with E-state index in [9.17, 15) is 9.90 Å². The van der Waals surface area contributed by atoms with Crippen LogP contribution in [0, 0.1) is 0 Å². The predicted molar refractivity (Wildman–Crippen MR) is 86.4 cm³/mol. The molecule has 1 atom stereocenters. The molecule has 1 saturated heterocycles. The zero-order valence-electron chi connectivity index (χ0n) is 12.2. The molecule has 1 aromatic rings. The van der Waals surface area contributed by atoms with E-state index in [4.69, 9.17) is 18.0 Å². The summed E-state index contributed by atoms with van der Waals surface area (Å²) in [5.41, 5.74) is 6.11. The standard InChI is InChI=1S/C15H21N3O2S/c1-2-12(14(16)21)17-7-9-18(10-8-17)15(20)11-5-3-4-6-13(11)19/h3-6,12,19H,2,7-10H2,1H3,(H2,16,21). The molecule has 1 amide bonds. The van der Waals surface area contributed by atoms with Gasteiger partial charge in [0.2, 0.25) is 0 Å². The van der Waals surface area contributed by atoms with Gasteiger partial charge in [-0.1, -0.05) is 31.3 Å². The van der Waals surface area contributed by atoms with Crippen LogP contribution in [-0.4, -0.2) is 58.0 Å². The molecule has 0 saturated carbocycles. The second kappa shape index (κ2) is 6.87. The van der Waals surface area contributed by atoms with Crippen LogP contribution in [-0.2, 0) is 0 Å². The number of phenols is 1. The highest BCUT2D eigenvalue weighted by Gasteiger charge is 2.27. The Bertz CT molecular complexity index is 527. The molecule has 6 heteroatoms. The Morgan fingerprint density at radius 3 is 2.48 bits per heavy atom. The van der Waals surface area contributed by atoms with E-state index in [0.29, 0.717) is 23.6 Å². The fourth-order valence-electron chi connectivity index (χ4n) is 2.70. The molecule has 1 heterocycles. The van der Waals surface area contributed by atoms with Gasteiger partial charge < -0.3 is 15.7 Å². The molecule has 0 radical (unpaired) electrons. The lowest BCUT2D eigenvalue weighted by Gasteiger charge is -2.38. The van der Waals surface area contributed by atoms with Gasteiger partial charge in [0.25, 0.3) is 5.91 Å². The number of phenolic OH excluding ortho intramolecular Hbond substituents is 1. The molecule has 114 valence electrons. The number of hydrogen-bond acceptors (Lipinski definition) is 4. The monoisotopic (exact) mass is 307 g/mol. The Balaban J connectivity index is 2.00. The summed E-state index contributed by atoms with van der Waals surface area (Å²) < 4.78 is 0. The maximum atomic E-state index is 12.4. The van der Waals surface area contributed by atoms with E-state index < -0.39 is 0 Å². The number of aromatic hydroxyl groups is 1. The molecule has 1 aliphatic rings. The Kier molecular flexibility index (Phi) is 5.14. The molecule has 0 bridgehead atoms. The molecule has 1 aromatic carbocycles. The SMILES string of the molecule is CCC(C(N)=S)N1CCN(C(=O)c2ccccc2O)CC1. The number of hydrogen-bond donors (Lipinski definition) is 2. The second-order valence-electron chi connectivity index (χ2n) is 5.17. The number of para-hydroxylation sites is 1. The smallest absolute Gasteiger partial charge is 0.257 e. The number of rotatable bonds is 4. The van der Waals surface area contributed by atoms with Crippen LogP contribution in [0.1, 0.15) is 23.7 Å². The van der Waals surface area contributed by atoms with Crippen LogP contribution < -0.4 is 5.73 Å². The normalized spacial score (nSPS) is 17.5. The van der Waals surface area contributed by atoms with E-state index in [-0.39, 0.29) is 17.7 Å². The van der Waals surface area contributed by atoms with Gasteiger partial charge in [0, 0.05) is 26.2 Å². The molecule has 1 aliphatic heterocycles. The first-order chi connectivity index (χ1) is 10.0. The minimum Gasteiger partial charge on any atom is -0.507 e. The van der Waals surface area contributed by atoms with Crippen molar-refractivity contribution in [3.05, 3.63) is 29.8 Å². The molecule has 1 unspecified atom stereocenters. The summed E-state index contributed by atoms with van der Waals surface area (Å²) in [5.74, 6) is -0.101. The fourth-order valence-corrected chi connectivity index (χ4v) is 3.02. The van der Waals surface area contributed by atoms with Crippen LogP contribution in [0.5, 0.6) is 5.75 Å². The van der Waals surface area contributed by atoms with Gasteiger partial charge in [-0.3, -0.25) is 9.69 Å². The van der Waals surface area contributed by atoms with Crippen LogP contribution in [0.25, 0.3) is 0 Å². The van der Waals surface area contributed by atoms with Gasteiger partial charge in [-0.05, 0) is 18.6 Å². The summed E-state index contributed by atoms with van der Waals surface area (Å²) >= 11 is 5.09. The number of carbonyl (C=O) groups is 1. The van der Waals surface area contributed by atoms with E-state index in [1.165, 1.54) is 6.07 Å². The van der Waals surface area contributed by atoms with E-state index in [2.05, 4.69) is 11.8 Å². The number of piperazine rings is 1. The molecule has 1 fully saturated rings. The van der Waals surface area contributed by atoms with Crippen molar-refractivity contribution in [2.75, 3.05) is 26.2 Å². The summed E-state index contributed by atoms with van der Waals surface area (Å²) in [6.45, 7) is 4.78. The molecular formula is C15H21N3O2S. The minimum absolute atomic E-state index is 0.0273. The highest BCUT2D eigenvalue weighted by molar-refractivity contribution is 7.80. The summed E-state index contributed by atoms with van der Waals surface area (Å²) in [5, 5.41) is 9.77. The molecule has 3 N–H and O–H groups in total. The molecular weight excluding hydrogens is 286 g/mol. The lowest BCUT2D eigenvalue weighted by atomic mass is 10.1. The number of benzene rings is 1. The van der Waals surface area contributed by atoms with E-state index in [1.54, 1.807) is 23.1 Å². The largest absolute Gasteiger partial charge is 0.507 e. The first-order valence-corrected chi connectivity index (χ1v) is 7.56. The van der Waals surface area contributed by atoms with Crippen molar-refractivity contribution < 1.29 is 9.90 Å². The fraction of sp³-hybridized carbons (Fsp3) is 0.467. The number of thiocarbonyl (C=S) groups is 1. The summed E-state index contributed by atoms with van der Waals surface area (Å²) in [7, 11) is 0. The topological polar surface area (TPSA) is 69.8 Å². The van der Waals surface area contributed by atoms with Gasteiger partial charge in [0.1, 0.15) is 5.75 Å². The summed E-state index contributed by atoms with van der Waals surface area (Å²) in [6, 6.07) is 6.74. The van der Waals surface area contributed by atoms with Crippen molar-refractivity contribution in [2.45, 2.75) is 19.4 Å². The van der Waals surface area contributed by atoms with Crippen LogP contribution in [0.2, 0.25) is 0 Å². The lowest BCUT2D eigenvalue weighted by molar-refractivity contribution is 0.0609. The Labute approximate surface area is 130 Å². The van der Waals surface area contributed by atoms with Crippen molar-refractivity contribution in [3.8, 4) is 5.75 Å². The number of nitrogens with zero attached hydrogens (tertiary/aromatic N) is 2. The second-order valence-corrected chi connectivity index (χ2v) is 5.64. The third kappa shape index (κ3) is 3.51. The number of amides is 1. The molecule has 0 aliphatic carbocycles. The van der Waals surface area contributed by atoms with E-state index >= 15 is 0 Å². The Morgan fingerprint density at radius 2 is 1.95 bits per heavy atom. The van der Waals surface area contributed by atoms with Crippen molar-refractivity contribution in [1.29, 1.82) is 0 Å². The van der Waals surface area contributed by atoms with Gasteiger partial charge in [-0.2, -0.15) is 0 Å². The molecule has 21 heavy (non-hydrogen) atoms. The van der Waals surface area contributed by atoms with Gasteiger partial charge in [-0.25, -0.2) is 0 Å². The maximum absolute atomic E-state index is 12.4. The van der Waals surface area contributed by atoms with Crippen LogP contribution in [0.15, 0.2) is 24.3 Å². The average Bonchev–Trinajstić information content (AvgIpc) is 2.48. The first kappa shape index (κ1) is 15.7. The van der Waals surface area contributed by atoms with E-state index in [1.807, 2.05) is 0 Å². The number of carbonyl (C=O) groups excluding carboxylic acids is 1. The lowest BCUT2D eigenvalue weighted by Crippen LogP contribution is -2.54. The third-order valence-electron chi connectivity index (χ3n) is 3.89. The zero-order chi connectivity index (χ0) is 15.4. The van der Waals surface area contributed by atoms with Gasteiger partial charge >= 0.3 is 0 Å². The van der Waals surface area contributed by atoms with Crippen LogP contribution >= 0.6 is 12.2 Å². The predicted octanol–water partition coefficient (Wildman–Crippen LogP) is 1.21. The third-order valence-corrected chi connectivity index (χ3v) is 4.16. The first-order valence-electron chi connectivity index (χ1n) is 7.15. The van der Waals surface area contributed by atoms with E-state index in [0.717, 1.165) is 19.5 Å². The highest BCUT2D eigenvalue weighted by atomic mass is 32.1. The minimum atomic E-state index is -0.129. The van der Waals surface area contributed by atoms with Gasteiger partial charge in [-0.15, -0.1) is 0 Å². The van der Waals surface area contributed by atoms with Gasteiger partial charge in [0.05, 0.1) is 16.6 Å². The Morgan fingerprint density at radius 1 is 1.33 bits per heavy atom. The van der Waals surface area contributed by atoms with Gasteiger partial charge in [0.15, 0.2) is 0 Å². The molecule has 2 rings (SSSR count). The molecule has 0 spiro atoms. The molecule has 5 nitrogen and oxygen atoms in total. The summed E-state index contributed by atoms with van der Waals surface area (Å²) in [4.78, 5) is 16.9.